The Morgan fingerprint density at radius 2 is 1.97 bits per heavy atom. The molecule has 1 fully saturated rings. The van der Waals surface area contributed by atoms with Crippen molar-refractivity contribution in [3.63, 3.8) is 0 Å². The maximum atomic E-state index is 14.6. The molecule has 4 rings (SSSR count). The van der Waals surface area contributed by atoms with Gasteiger partial charge in [0.05, 0.1) is 23.4 Å². The van der Waals surface area contributed by atoms with E-state index in [0.717, 1.165) is 54.6 Å². The second-order valence-electron chi connectivity index (χ2n) is 8.20. The number of hydrogen-bond acceptors (Lipinski definition) is 3. The maximum Gasteiger partial charge on any atom is 0.419 e. The van der Waals surface area contributed by atoms with Crippen LogP contribution in [0.15, 0.2) is 54.9 Å². The molecule has 0 saturated carbocycles. The molecular formula is C24H24F4N4O. The van der Waals surface area contributed by atoms with E-state index < -0.39 is 35.1 Å². The van der Waals surface area contributed by atoms with Gasteiger partial charge in [-0.15, -0.1) is 0 Å². The van der Waals surface area contributed by atoms with Gasteiger partial charge in [-0.05, 0) is 48.7 Å². The van der Waals surface area contributed by atoms with Gasteiger partial charge in [-0.2, -0.15) is 18.3 Å². The fourth-order valence-electron chi connectivity index (χ4n) is 4.21. The summed E-state index contributed by atoms with van der Waals surface area (Å²) < 4.78 is 55.7. The molecule has 1 aromatic heterocycles. The minimum absolute atomic E-state index is 0.138. The first-order chi connectivity index (χ1) is 15.7. The molecule has 1 saturated heterocycles. The van der Waals surface area contributed by atoms with E-state index in [0.29, 0.717) is 6.07 Å². The minimum atomic E-state index is -4.89. The molecule has 0 bridgehead atoms. The van der Waals surface area contributed by atoms with Crippen LogP contribution in [0.1, 0.15) is 46.8 Å². The summed E-state index contributed by atoms with van der Waals surface area (Å²) in [4.78, 5) is 13.0. The number of nitrogens with one attached hydrogen (secondary N) is 2. The van der Waals surface area contributed by atoms with Crippen molar-refractivity contribution < 1.29 is 22.4 Å². The minimum Gasteiger partial charge on any atom is -0.344 e. The third kappa shape index (κ3) is 5.08. The van der Waals surface area contributed by atoms with Crippen LogP contribution in [0.2, 0.25) is 0 Å². The van der Waals surface area contributed by atoms with Gasteiger partial charge in [0.15, 0.2) is 0 Å². The highest BCUT2D eigenvalue weighted by atomic mass is 19.4. The zero-order valence-electron chi connectivity index (χ0n) is 18.0. The second kappa shape index (κ2) is 9.35. The number of piperidine rings is 1. The smallest absolute Gasteiger partial charge is 0.344 e. The summed E-state index contributed by atoms with van der Waals surface area (Å²) in [6.45, 7) is 0.761. The molecule has 1 aliphatic heterocycles. The van der Waals surface area contributed by atoms with Crippen LogP contribution in [0.25, 0.3) is 11.1 Å². The van der Waals surface area contributed by atoms with Crippen molar-refractivity contribution in [2.75, 3.05) is 6.54 Å². The molecule has 9 heteroatoms. The first-order valence-corrected chi connectivity index (χ1v) is 10.7. The first kappa shape index (κ1) is 23.0. The number of nitrogens with zero attached hydrogens (tertiary/aromatic N) is 2. The monoisotopic (exact) mass is 460 g/mol. The molecular weight excluding hydrogens is 436 g/mol. The summed E-state index contributed by atoms with van der Waals surface area (Å²) in [6, 6.07) is 9.58. The second-order valence-corrected chi connectivity index (χ2v) is 8.20. The van der Waals surface area contributed by atoms with E-state index in [4.69, 9.17) is 0 Å². The van der Waals surface area contributed by atoms with Gasteiger partial charge in [0.1, 0.15) is 5.82 Å². The Morgan fingerprint density at radius 3 is 2.64 bits per heavy atom. The third-order valence-corrected chi connectivity index (χ3v) is 5.87. The van der Waals surface area contributed by atoms with Crippen molar-refractivity contribution in [3.8, 4) is 11.1 Å². The van der Waals surface area contributed by atoms with Crippen LogP contribution < -0.4 is 10.6 Å². The van der Waals surface area contributed by atoms with Crippen LogP contribution >= 0.6 is 0 Å². The summed E-state index contributed by atoms with van der Waals surface area (Å²) in [7, 11) is 1.81. The molecule has 0 spiro atoms. The standard InChI is InChI=1S/C24H24F4N4O/c1-32-14-17(13-30-32)15-6-4-7-16(12-15)22(20-10-2-3-11-29-20)31-23(33)18-8-5-9-19(21(18)25)24(26,27)28/h4-9,12-14,20,22,29H,2-3,10-11H2,1H3,(H,31,33)/t20-,22-/m0/s1. The average Bonchev–Trinajstić information content (AvgIpc) is 3.23. The van der Waals surface area contributed by atoms with Gasteiger partial charge in [-0.25, -0.2) is 4.39 Å². The largest absolute Gasteiger partial charge is 0.419 e. The molecule has 1 aliphatic rings. The molecule has 2 aromatic carbocycles. The number of rotatable bonds is 5. The van der Waals surface area contributed by atoms with Gasteiger partial charge < -0.3 is 10.6 Å². The summed E-state index contributed by atoms with van der Waals surface area (Å²) in [5.41, 5.74) is 0.470. The lowest BCUT2D eigenvalue weighted by atomic mass is 9.90. The fourth-order valence-corrected chi connectivity index (χ4v) is 4.21. The highest BCUT2D eigenvalue weighted by Crippen LogP contribution is 2.33. The van der Waals surface area contributed by atoms with Crippen molar-refractivity contribution in [2.45, 2.75) is 37.5 Å². The Balaban J connectivity index is 1.67. The van der Waals surface area contributed by atoms with Crippen molar-refractivity contribution in [3.05, 3.63) is 77.4 Å². The molecule has 3 aromatic rings. The van der Waals surface area contributed by atoms with E-state index in [-0.39, 0.29) is 6.04 Å². The van der Waals surface area contributed by atoms with Gasteiger partial charge in [-0.1, -0.05) is 30.7 Å². The van der Waals surface area contributed by atoms with Gasteiger partial charge >= 0.3 is 6.18 Å². The zero-order chi connectivity index (χ0) is 23.6. The topological polar surface area (TPSA) is 59.0 Å². The predicted octanol–water partition coefficient (Wildman–Crippen LogP) is 4.86. The number of carbonyl (C=O) groups excluding carboxylic acids is 1. The van der Waals surface area contributed by atoms with Crippen molar-refractivity contribution in [1.82, 2.24) is 20.4 Å². The number of halogens is 4. The Morgan fingerprint density at radius 1 is 1.18 bits per heavy atom. The Labute approximate surface area is 188 Å². The normalized spacial score (nSPS) is 17.5. The van der Waals surface area contributed by atoms with Gasteiger partial charge in [-0.3, -0.25) is 9.48 Å². The lowest BCUT2D eigenvalue weighted by Gasteiger charge is -2.32. The number of hydrogen-bond donors (Lipinski definition) is 2. The third-order valence-electron chi connectivity index (χ3n) is 5.87. The van der Waals surface area contributed by atoms with Crippen molar-refractivity contribution in [2.24, 2.45) is 7.05 Å². The van der Waals surface area contributed by atoms with Crippen LogP contribution in [0, 0.1) is 5.82 Å². The average molecular weight is 460 g/mol. The van der Waals surface area contributed by atoms with E-state index >= 15 is 0 Å². The summed E-state index contributed by atoms with van der Waals surface area (Å²) in [5, 5.41) is 10.4. The van der Waals surface area contributed by atoms with Gasteiger partial charge in [0, 0.05) is 24.8 Å². The van der Waals surface area contributed by atoms with Gasteiger partial charge in [0.2, 0.25) is 0 Å². The van der Waals surface area contributed by atoms with Crippen molar-refractivity contribution >= 4 is 5.91 Å². The summed E-state index contributed by atoms with van der Waals surface area (Å²) in [6.07, 6.45) is 1.42. The first-order valence-electron chi connectivity index (χ1n) is 10.7. The van der Waals surface area contributed by atoms with Crippen LogP contribution in [0.3, 0.4) is 0 Å². The van der Waals surface area contributed by atoms with Crippen LogP contribution in [0.4, 0.5) is 17.6 Å². The molecule has 33 heavy (non-hydrogen) atoms. The molecule has 2 atom stereocenters. The van der Waals surface area contributed by atoms with E-state index in [9.17, 15) is 22.4 Å². The highest BCUT2D eigenvalue weighted by Gasteiger charge is 2.36. The number of aryl methyl sites for hydroxylation is 1. The molecule has 0 unspecified atom stereocenters. The maximum absolute atomic E-state index is 14.6. The molecule has 0 aliphatic carbocycles. The molecule has 2 heterocycles. The molecule has 0 radical (unpaired) electrons. The number of aromatic nitrogens is 2. The van der Waals surface area contributed by atoms with Crippen molar-refractivity contribution in [1.29, 1.82) is 0 Å². The summed E-state index contributed by atoms with van der Waals surface area (Å²) in [5.74, 6) is -2.45. The van der Waals surface area contributed by atoms with E-state index in [2.05, 4.69) is 15.7 Å². The SMILES string of the molecule is Cn1cc(-c2cccc([C@H](NC(=O)c3cccc(C(F)(F)F)c3F)[C@@H]3CCCCN3)c2)cn1. The molecule has 5 nitrogen and oxygen atoms in total. The number of carbonyl (C=O) groups is 1. The van der Waals surface area contributed by atoms with Crippen LogP contribution in [-0.2, 0) is 13.2 Å². The number of alkyl halides is 3. The fraction of sp³-hybridized carbons (Fsp3) is 0.333. The molecule has 174 valence electrons. The lowest BCUT2D eigenvalue weighted by molar-refractivity contribution is -0.140. The van der Waals surface area contributed by atoms with Gasteiger partial charge in [0.25, 0.3) is 5.91 Å². The lowest BCUT2D eigenvalue weighted by Crippen LogP contribution is -2.46. The number of amides is 1. The Bertz CT molecular complexity index is 1140. The van der Waals surface area contributed by atoms with E-state index in [1.54, 1.807) is 10.9 Å². The zero-order valence-corrected chi connectivity index (χ0v) is 18.0. The van der Waals surface area contributed by atoms with E-state index in [1.165, 1.54) is 0 Å². The quantitative estimate of drug-likeness (QED) is 0.535. The number of benzene rings is 2. The highest BCUT2D eigenvalue weighted by molar-refractivity contribution is 5.95. The Hall–Kier alpha value is -3.20. The molecule has 1 amide bonds. The summed E-state index contributed by atoms with van der Waals surface area (Å²) >= 11 is 0. The Kier molecular flexibility index (Phi) is 6.51. The van der Waals surface area contributed by atoms with E-state index in [1.807, 2.05) is 37.5 Å². The van der Waals surface area contributed by atoms with Crippen LogP contribution in [0.5, 0.6) is 0 Å². The predicted molar refractivity (Wildman–Crippen MR) is 116 cm³/mol. The van der Waals surface area contributed by atoms with Crippen LogP contribution in [-0.4, -0.2) is 28.3 Å². The molecule has 2 N–H and O–H groups in total.